The number of nitrogens with zero attached hydrogens (tertiary/aromatic N) is 1. The molecule has 0 unspecified atom stereocenters. The summed E-state index contributed by atoms with van der Waals surface area (Å²) in [5.41, 5.74) is 0. The van der Waals surface area contributed by atoms with Crippen molar-refractivity contribution in [1.29, 1.82) is 0 Å². The molecule has 1 aromatic heterocycles. The van der Waals surface area contributed by atoms with Gasteiger partial charge in [0.05, 0.1) is 6.04 Å². The lowest BCUT2D eigenvalue weighted by atomic mass is 10.2. The molecule has 1 atom stereocenters. The van der Waals surface area contributed by atoms with E-state index >= 15 is 0 Å². The Hall–Kier alpha value is -0.940. The Morgan fingerprint density at radius 1 is 1.79 bits per heavy atom. The van der Waals surface area contributed by atoms with Gasteiger partial charge in [0.2, 0.25) is 5.91 Å². The third-order valence-corrected chi connectivity index (χ3v) is 3.06. The molecule has 1 amide bonds. The normalized spacial score (nSPS) is 21.1. The minimum Gasteiger partial charge on any atom is -0.306 e. The van der Waals surface area contributed by atoms with E-state index in [-0.39, 0.29) is 11.9 Å². The smallest absolute Gasteiger partial charge is 0.243 e. The summed E-state index contributed by atoms with van der Waals surface area (Å²) in [5.74, 6) is 0.0388. The fourth-order valence-corrected chi connectivity index (χ4v) is 2.18. The monoisotopic (exact) mass is 211 g/mol. The first-order chi connectivity index (χ1) is 6.75. The highest BCUT2D eigenvalue weighted by Gasteiger charge is 2.22. The fourth-order valence-electron chi connectivity index (χ4n) is 1.51. The number of hydrogen-bond donors (Lipinski definition) is 2. The molecule has 1 aliphatic rings. The van der Waals surface area contributed by atoms with Crippen molar-refractivity contribution < 1.29 is 4.79 Å². The quantitative estimate of drug-likeness (QED) is 0.771. The zero-order valence-corrected chi connectivity index (χ0v) is 8.86. The number of anilines is 1. The second-order valence-electron chi connectivity index (χ2n) is 3.41. The highest BCUT2D eigenvalue weighted by atomic mass is 32.1. The van der Waals surface area contributed by atoms with E-state index in [1.807, 2.05) is 6.92 Å². The Bertz CT molecular complexity index is 331. The summed E-state index contributed by atoms with van der Waals surface area (Å²) in [6, 6.07) is -0.0285. The van der Waals surface area contributed by atoms with Crippen LogP contribution in [0.2, 0.25) is 0 Å². The van der Waals surface area contributed by atoms with Gasteiger partial charge in [-0.05, 0) is 26.3 Å². The largest absolute Gasteiger partial charge is 0.306 e. The summed E-state index contributed by atoms with van der Waals surface area (Å²) in [4.78, 5) is 16.8. The first kappa shape index (κ1) is 9.61. The van der Waals surface area contributed by atoms with Crippen molar-refractivity contribution >= 4 is 22.4 Å². The van der Waals surface area contributed by atoms with E-state index in [1.54, 1.807) is 6.20 Å². The van der Waals surface area contributed by atoms with Crippen LogP contribution in [0.15, 0.2) is 6.20 Å². The molecular formula is C9H13N3OS. The van der Waals surface area contributed by atoms with Gasteiger partial charge in [0.1, 0.15) is 0 Å². The van der Waals surface area contributed by atoms with Crippen molar-refractivity contribution in [3.63, 3.8) is 0 Å². The molecule has 1 aliphatic heterocycles. The summed E-state index contributed by atoms with van der Waals surface area (Å²) in [5, 5.41) is 6.65. The molecule has 2 rings (SSSR count). The van der Waals surface area contributed by atoms with Crippen LogP contribution >= 0.6 is 11.3 Å². The average Bonchev–Trinajstić information content (AvgIpc) is 2.75. The van der Waals surface area contributed by atoms with Gasteiger partial charge in [-0.1, -0.05) is 0 Å². The van der Waals surface area contributed by atoms with Crippen LogP contribution in [0, 0.1) is 6.92 Å². The predicted octanol–water partition coefficient (Wildman–Crippen LogP) is 1.14. The number of aryl methyl sites for hydroxylation is 1. The third kappa shape index (κ3) is 2.10. The minimum absolute atomic E-state index is 0.0285. The molecule has 0 saturated carbocycles. The van der Waals surface area contributed by atoms with E-state index in [2.05, 4.69) is 15.6 Å². The molecule has 5 heteroatoms. The molecule has 0 spiro atoms. The molecular weight excluding hydrogens is 198 g/mol. The first-order valence-electron chi connectivity index (χ1n) is 4.72. The van der Waals surface area contributed by atoms with Crippen LogP contribution in [0.1, 0.15) is 17.7 Å². The first-order valence-corrected chi connectivity index (χ1v) is 5.54. The summed E-state index contributed by atoms with van der Waals surface area (Å²) in [6.45, 7) is 2.91. The Labute approximate surface area is 86.7 Å². The summed E-state index contributed by atoms with van der Waals surface area (Å²) >= 11 is 1.50. The topological polar surface area (TPSA) is 54.0 Å². The van der Waals surface area contributed by atoms with Crippen LogP contribution in [-0.2, 0) is 4.79 Å². The van der Waals surface area contributed by atoms with Crippen molar-refractivity contribution in [1.82, 2.24) is 10.3 Å². The fraction of sp³-hybridized carbons (Fsp3) is 0.556. The van der Waals surface area contributed by atoms with E-state index in [4.69, 9.17) is 0 Å². The van der Waals surface area contributed by atoms with E-state index < -0.39 is 0 Å². The SMILES string of the molecule is Cc1cnc(NC(=O)[C@H]2CCCN2)s1. The maximum absolute atomic E-state index is 11.6. The lowest BCUT2D eigenvalue weighted by Crippen LogP contribution is -2.35. The van der Waals surface area contributed by atoms with Gasteiger partial charge in [0.15, 0.2) is 5.13 Å². The van der Waals surface area contributed by atoms with Crippen LogP contribution in [0.3, 0.4) is 0 Å². The molecule has 14 heavy (non-hydrogen) atoms. The van der Waals surface area contributed by atoms with E-state index in [9.17, 15) is 4.79 Å². The Morgan fingerprint density at radius 3 is 3.21 bits per heavy atom. The molecule has 76 valence electrons. The van der Waals surface area contributed by atoms with Gasteiger partial charge in [0.25, 0.3) is 0 Å². The van der Waals surface area contributed by atoms with Crippen LogP contribution in [0.5, 0.6) is 0 Å². The summed E-state index contributed by atoms with van der Waals surface area (Å²) in [7, 11) is 0. The number of amides is 1. The van der Waals surface area contributed by atoms with Gasteiger partial charge in [-0.2, -0.15) is 0 Å². The van der Waals surface area contributed by atoms with Gasteiger partial charge in [0, 0.05) is 11.1 Å². The number of hydrogen-bond acceptors (Lipinski definition) is 4. The van der Waals surface area contributed by atoms with Crippen molar-refractivity contribution in [3.8, 4) is 0 Å². The Kier molecular flexibility index (Phi) is 2.79. The zero-order valence-electron chi connectivity index (χ0n) is 8.04. The third-order valence-electron chi connectivity index (χ3n) is 2.23. The van der Waals surface area contributed by atoms with E-state index in [0.717, 1.165) is 24.3 Å². The molecule has 4 nitrogen and oxygen atoms in total. The number of rotatable bonds is 2. The molecule has 1 fully saturated rings. The number of nitrogens with one attached hydrogen (secondary N) is 2. The van der Waals surface area contributed by atoms with Crippen LogP contribution in [0.4, 0.5) is 5.13 Å². The molecule has 0 aromatic carbocycles. The standard InChI is InChI=1S/C9H13N3OS/c1-6-5-11-9(14-6)12-8(13)7-3-2-4-10-7/h5,7,10H,2-4H2,1H3,(H,11,12,13)/t7-/m1/s1. The molecule has 2 heterocycles. The van der Waals surface area contributed by atoms with Gasteiger partial charge in [-0.25, -0.2) is 4.98 Å². The van der Waals surface area contributed by atoms with Crippen LogP contribution in [-0.4, -0.2) is 23.5 Å². The van der Waals surface area contributed by atoms with Crippen LogP contribution < -0.4 is 10.6 Å². The number of carbonyl (C=O) groups is 1. The molecule has 2 N–H and O–H groups in total. The number of carbonyl (C=O) groups excluding carboxylic acids is 1. The zero-order chi connectivity index (χ0) is 9.97. The van der Waals surface area contributed by atoms with Gasteiger partial charge >= 0.3 is 0 Å². The molecule has 1 aromatic rings. The second kappa shape index (κ2) is 4.06. The van der Waals surface area contributed by atoms with Crippen molar-refractivity contribution in [2.75, 3.05) is 11.9 Å². The van der Waals surface area contributed by atoms with Gasteiger partial charge in [-0.15, -0.1) is 11.3 Å². The lowest BCUT2D eigenvalue weighted by Gasteiger charge is -2.08. The van der Waals surface area contributed by atoms with E-state index in [1.165, 1.54) is 11.3 Å². The highest BCUT2D eigenvalue weighted by molar-refractivity contribution is 7.15. The second-order valence-corrected chi connectivity index (χ2v) is 4.65. The summed E-state index contributed by atoms with van der Waals surface area (Å²) in [6.07, 6.45) is 3.77. The molecule has 0 aliphatic carbocycles. The van der Waals surface area contributed by atoms with E-state index in [0.29, 0.717) is 5.13 Å². The Balaban J connectivity index is 1.93. The number of aromatic nitrogens is 1. The van der Waals surface area contributed by atoms with Gasteiger partial charge < -0.3 is 10.6 Å². The van der Waals surface area contributed by atoms with Crippen molar-refractivity contribution in [2.24, 2.45) is 0 Å². The summed E-state index contributed by atoms with van der Waals surface area (Å²) < 4.78 is 0. The van der Waals surface area contributed by atoms with Crippen molar-refractivity contribution in [3.05, 3.63) is 11.1 Å². The predicted molar refractivity (Wildman–Crippen MR) is 56.5 cm³/mol. The average molecular weight is 211 g/mol. The maximum atomic E-state index is 11.6. The lowest BCUT2D eigenvalue weighted by molar-refractivity contribution is -0.117. The van der Waals surface area contributed by atoms with Crippen molar-refractivity contribution in [2.45, 2.75) is 25.8 Å². The van der Waals surface area contributed by atoms with Crippen LogP contribution in [0.25, 0.3) is 0 Å². The molecule has 0 bridgehead atoms. The highest BCUT2D eigenvalue weighted by Crippen LogP contribution is 2.17. The maximum Gasteiger partial charge on any atom is 0.243 e. The minimum atomic E-state index is -0.0285. The Morgan fingerprint density at radius 2 is 2.64 bits per heavy atom. The number of thiazole rings is 1. The van der Waals surface area contributed by atoms with Gasteiger partial charge in [-0.3, -0.25) is 4.79 Å². The molecule has 1 saturated heterocycles. The molecule has 0 radical (unpaired) electrons.